The summed E-state index contributed by atoms with van der Waals surface area (Å²) in [5.74, 6) is -0.633. The summed E-state index contributed by atoms with van der Waals surface area (Å²) >= 11 is 3.79. The van der Waals surface area contributed by atoms with Gasteiger partial charge in [0.1, 0.15) is 11.3 Å². The monoisotopic (exact) mass is 591 g/mol. The third-order valence-electron chi connectivity index (χ3n) is 4.45. The van der Waals surface area contributed by atoms with Crippen LogP contribution in [0.3, 0.4) is 0 Å². The van der Waals surface area contributed by atoms with Crippen LogP contribution >= 0.6 is 45.7 Å². The molecule has 4 rings (SSSR count). The molecule has 0 radical (unpaired) electrons. The largest absolute Gasteiger partial charge is 0.359 e. The molecule has 1 unspecified atom stereocenters. The van der Waals surface area contributed by atoms with Crippen LogP contribution in [0.1, 0.15) is 5.69 Å². The molecule has 0 spiro atoms. The molecule has 0 aliphatic carbocycles. The number of sulfone groups is 1. The molecule has 134 valence electrons. The maximum atomic E-state index is 14.8. The number of hydrogen-bond acceptors (Lipinski definition) is 7. The lowest BCUT2D eigenvalue weighted by Gasteiger charge is -2.38. The van der Waals surface area contributed by atoms with Gasteiger partial charge in [-0.25, -0.2) is 28.5 Å². The molecular formula is C13H12FI2N5O3S. The zero-order valence-electron chi connectivity index (χ0n) is 12.9. The summed E-state index contributed by atoms with van der Waals surface area (Å²) in [6.07, 6.45) is 0. The number of hydrogen-bond donors (Lipinski definition) is 0. The SMILES string of the molecule is Cc1nc2c3c(nc(=O)n(I)c3c1F)N1CCN(I)CC1CS2(=O)=O. The highest BCUT2D eigenvalue weighted by molar-refractivity contribution is 14.1. The number of piperazine rings is 1. The molecular weight excluding hydrogens is 579 g/mol. The van der Waals surface area contributed by atoms with E-state index in [-0.39, 0.29) is 39.2 Å². The molecule has 2 aliphatic heterocycles. The summed E-state index contributed by atoms with van der Waals surface area (Å²) in [5, 5.41) is -0.0924. The van der Waals surface area contributed by atoms with Crippen molar-refractivity contribution in [2.45, 2.75) is 18.0 Å². The fraction of sp³-hybridized carbons (Fsp3) is 0.462. The maximum absolute atomic E-state index is 14.8. The summed E-state index contributed by atoms with van der Waals surface area (Å²) in [7, 11) is -3.76. The van der Waals surface area contributed by atoms with Gasteiger partial charge in [-0.15, -0.1) is 0 Å². The van der Waals surface area contributed by atoms with E-state index in [1.54, 1.807) is 27.8 Å². The average molecular weight is 591 g/mol. The van der Waals surface area contributed by atoms with Gasteiger partial charge in [-0.2, -0.15) is 4.98 Å². The third-order valence-corrected chi connectivity index (χ3v) is 7.93. The number of aromatic nitrogens is 3. The van der Waals surface area contributed by atoms with Gasteiger partial charge in [-0.1, -0.05) is 0 Å². The Morgan fingerprint density at radius 1 is 1.24 bits per heavy atom. The van der Waals surface area contributed by atoms with Gasteiger partial charge >= 0.3 is 5.69 Å². The smallest absolute Gasteiger partial charge is 0.349 e. The van der Waals surface area contributed by atoms with E-state index in [1.165, 1.54) is 6.92 Å². The number of rotatable bonds is 0. The Balaban J connectivity index is 2.19. The zero-order valence-corrected chi connectivity index (χ0v) is 18.0. The van der Waals surface area contributed by atoms with E-state index in [4.69, 9.17) is 0 Å². The van der Waals surface area contributed by atoms with Crippen LogP contribution in [0, 0.1) is 12.7 Å². The molecule has 25 heavy (non-hydrogen) atoms. The fourth-order valence-corrected chi connectivity index (χ4v) is 6.27. The van der Waals surface area contributed by atoms with Crippen LogP contribution in [0.25, 0.3) is 10.9 Å². The van der Waals surface area contributed by atoms with Crippen LogP contribution in [0.15, 0.2) is 9.82 Å². The second-order valence-electron chi connectivity index (χ2n) is 6.04. The van der Waals surface area contributed by atoms with E-state index >= 15 is 0 Å². The minimum absolute atomic E-state index is 0.0524. The third kappa shape index (κ3) is 2.66. The maximum Gasteiger partial charge on any atom is 0.359 e. The van der Waals surface area contributed by atoms with Crippen LogP contribution in [0.5, 0.6) is 0 Å². The van der Waals surface area contributed by atoms with E-state index in [0.717, 1.165) is 2.78 Å². The van der Waals surface area contributed by atoms with Crippen molar-refractivity contribution in [2.75, 3.05) is 30.3 Å². The number of fused-ring (bicyclic) bond motifs is 2. The van der Waals surface area contributed by atoms with E-state index in [2.05, 4.69) is 32.8 Å². The molecule has 0 aromatic carbocycles. The number of nitrogens with zero attached hydrogens (tertiary/aromatic N) is 5. The van der Waals surface area contributed by atoms with Crippen molar-refractivity contribution in [3.63, 3.8) is 0 Å². The van der Waals surface area contributed by atoms with Crippen LogP contribution in [0.4, 0.5) is 10.2 Å². The molecule has 0 amide bonds. The zero-order chi connectivity index (χ0) is 18.1. The molecule has 2 aliphatic rings. The van der Waals surface area contributed by atoms with Gasteiger partial charge in [0.2, 0.25) is 0 Å². The summed E-state index contributed by atoms with van der Waals surface area (Å²) in [5.41, 5.74) is -0.754. The average Bonchev–Trinajstić information content (AvgIpc) is 2.61. The van der Waals surface area contributed by atoms with Gasteiger partial charge in [-0.05, 0) is 6.92 Å². The fourth-order valence-electron chi connectivity index (χ4n) is 3.32. The molecule has 12 heteroatoms. The Morgan fingerprint density at radius 3 is 2.68 bits per heavy atom. The predicted molar refractivity (Wildman–Crippen MR) is 107 cm³/mol. The highest BCUT2D eigenvalue weighted by Crippen LogP contribution is 2.37. The molecule has 4 heterocycles. The van der Waals surface area contributed by atoms with Crippen LogP contribution in [0.2, 0.25) is 0 Å². The number of halogens is 3. The molecule has 2 aromatic rings. The van der Waals surface area contributed by atoms with Gasteiger partial charge < -0.3 is 4.90 Å². The minimum Gasteiger partial charge on any atom is -0.349 e. The number of anilines is 1. The van der Waals surface area contributed by atoms with Crippen LogP contribution < -0.4 is 10.6 Å². The second kappa shape index (κ2) is 5.95. The quantitative estimate of drug-likeness (QED) is 0.335. The van der Waals surface area contributed by atoms with Crippen molar-refractivity contribution < 1.29 is 12.8 Å². The molecule has 1 atom stereocenters. The Labute approximate surface area is 170 Å². The first-order valence-corrected chi connectivity index (χ1v) is 11.0. The first-order chi connectivity index (χ1) is 11.7. The topological polar surface area (TPSA) is 88.4 Å². The Bertz CT molecular complexity index is 1070. The van der Waals surface area contributed by atoms with E-state index < -0.39 is 21.3 Å². The minimum atomic E-state index is -3.76. The number of pyridine rings is 1. The molecule has 1 saturated heterocycles. The van der Waals surface area contributed by atoms with Gasteiger partial charge in [0, 0.05) is 42.5 Å². The highest BCUT2D eigenvalue weighted by Gasteiger charge is 2.40. The highest BCUT2D eigenvalue weighted by atomic mass is 127. The summed E-state index contributed by atoms with van der Waals surface area (Å²) in [6, 6.07) is -0.367. The van der Waals surface area contributed by atoms with Crippen molar-refractivity contribution in [3.8, 4) is 0 Å². The predicted octanol–water partition coefficient (Wildman–Crippen LogP) is 1.07. The standard InChI is InChI=1S/C13H12FI2N5O3S/c1-6-9(14)10-8-11(18-13(22)21(10)16)20-3-2-19(15)4-7(20)5-25(23,24)12(8)17-6/h7H,2-5H2,1H3. The van der Waals surface area contributed by atoms with Crippen molar-refractivity contribution in [3.05, 3.63) is 22.0 Å². The van der Waals surface area contributed by atoms with Crippen molar-refractivity contribution >= 4 is 72.3 Å². The number of aryl methyl sites for hydroxylation is 1. The van der Waals surface area contributed by atoms with Crippen LogP contribution in [-0.2, 0) is 9.84 Å². The summed E-state index contributed by atoms with van der Waals surface area (Å²) < 4.78 is 43.7. The van der Waals surface area contributed by atoms with Crippen molar-refractivity contribution in [2.24, 2.45) is 0 Å². The van der Waals surface area contributed by atoms with Gasteiger partial charge in [0.05, 0.1) is 45.7 Å². The van der Waals surface area contributed by atoms with E-state index in [9.17, 15) is 17.6 Å². The molecule has 0 bridgehead atoms. The summed E-state index contributed by atoms with van der Waals surface area (Å²) in [4.78, 5) is 22.2. The van der Waals surface area contributed by atoms with E-state index in [0.29, 0.717) is 19.6 Å². The molecule has 2 aromatic heterocycles. The first kappa shape index (κ1) is 17.8. The Morgan fingerprint density at radius 2 is 1.96 bits per heavy atom. The molecule has 0 N–H and O–H groups in total. The van der Waals surface area contributed by atoms with Gasteiger partial charge in [0.25, 0.3) is 0 Å². The summed E-state index contributed by atoms with van der Waals surface area (Å²) in [6.45, 7) is 3.09. The Kier molecular flexibility index (Phi) is 4.23. The van der Waals surface area contributed by atoms with E-state index in [1.807, 2.05) is 3.11 Å². The lowest BCUT2D eigenvalue weighted by atomic mass is 10.2. The first-order valence-electron chi connectivity index (χ1n) is 7.40. The molecule has 0 saturated carbocycles. The molecule has 1 fully saturated rings. The second-order valence-corrected chi connectivity index (χ2v) is 10.3. The van der Waals surface area contributed by atoms with Crippen molar-refractivity contribution in [1.29, 1.82) is 0 Å². The normalized spacial score (nSPS) is 22.7. The van der Waals surface area contributed by atoms with Crippen LogP contribution in [-0.4, -0.2) is 55.7 Å². The van der Waals surface area contributed by atoms with Gasteiger partial charge in [0.15, 0.2) is 20.7 Å². The Hall–Kier alpha value is -0.610. The van der Waals surface area contributed by atoms with Gasteiger partial charge in [-0.3, -0.25) is 0 Å². The molecule has 8 nitrogen and oxygen atoms in total. The lowest BCUT2D eigenvalue weighted by Crippen LogP contribution is -2.53. The lowest BCUT2D eigenvalue weighted by molar-refractivity contribution is 0.398. The van der Waals surface area contributed by atoms with Crippen molar-refractivity contribution in [1.82, 2.24) is 15.9 Å².